The molecule has 0 unspecified atom stereocenters. The number of nitrogens with one attached hydrogen (secondary N) is 1. The van der Waals surface area contributed by atoms with Crippen LogP contribution in [0.2, 0.25) is 0 Å². The maximum Gasteiger partial charge on any atom is 0.230 e. The number of carbonyl (C=O) groups is 2. The lowest BCUT2D eigenvalue weighted by Gasteiger charge is -2.22. The number of ether oxygens (including phenoxy) is 1. The minimum Gasteiger partial charge on any atom is -0.491 e. The van der Waals surface area contributed by atoms with Crippen molar-refractivity contribution in [2.45, 2.75) is 38.5 Å². The molecule has 0 radical (unpaired) electrons. The van der Waals surface area contributed by atoms with Crippen LogP contribution in [0.5, 0.6) is 5.75 Å². The first kappa shape index (κ1) is 14.9. The van der Waals surface area contributed by atoms with Gasteiger partial charge in [-0.1, -0.05) is 19.3 Å². The van der Waals surface area contributed by atoms with Crippen molar-refractivity contribution in [3.8, 4) is 5.75 Å². The molecule has 0 atom stereocenters. The fourth-order valence-electron chi connectivity index (χ4n) is 3.14. The number of hydrogen-bond donors (Lipinski definition) is 1. The monoisotopic (exact) mass is 302 g/mol. The summed E-state index contributed by atoms with van der Waals surface area (Å²) in [5, 5.41) is 2.99. The third kappa shape index (κ3) is 3.08. The Labute approximate surface area is 130 Å². The number of amides is 2. The van der Waals surface area contributed by atoms with E-state index < -0.39 is 0 Å². The lowest BCUT2D eigenvalue weighted by atomic mass is 9.88. The van der Waals surface area contributed by atoms with Crippen molar-refractivity contribution in [2.75, 3.05) is 23.9 Å². The van der Waals surface area contributed by atoms with Crippen LogP contribution in [-0.2, 0) is 9.59 Å². The second-order valence-corrected chi connectivity index (χ2v) is 6.06. The fraction of sp³-hybridized carbons (Fsp3) is 0.529. The molecular formula is C17H22N2O3. The molecule has 2 aliphatic rings. The predicted octanol–water partition coefficient (Wildman–Crippen LogP) is 2.95. The normalized spacial score (nSPS) is 19.1. The van der Waals surface area contributed by atoms with E-state index in [1.54, 1.807) is 11.9 Å². The van der Waals surface area contributed by atoms with Gasteiger partial charge in [-0.25, -0.2) is 0 Å². The molecule has 5 nitrogen and oxygen atoms in total. The summed E-state index contributed by atoms with van der Waals surface area (Å²) < 4.78 is 5.59. The highest BCUT2D eigenvalue weighted by atomic mass is 16.5. The first-order chi connectivity index (χ1) is 10.6. The van der Waals surface area contributed by atoms with Crippen LogP contribution in [0.25, 0.3) is 0 Å². The number of fused-ring (bicyclic) bond motifs is 1. The average molecular weight is 302 g/mol. The molecule has 3 rings (SSSR count). The summed E-state index contributed by atoms with van der Waals surface area (Å²) in [4.78, 5) is 25.8. The van der Waals surface area contributed by atoms with E-state index in [-0.39, 0.29) is 17.7 Å². The van der Waals surface area contributed by atoms with E-state index in [4.69, 9.17) is 4.74 Å². The molecule has 118 valence electrons. The molecule has 1 aliphatic heterocycles. The molecule has 2 amide bonds. The first-order valence-corrected chi connectivity index (χ1v) is 7.99. The molecule has 0 aromatic heterocycles. The molecule has 1 aliphatic carbocycles. The maximum absolute atomic E-state index is 12.3. The van der Waals surface area contributed by atoms with E-state index in [9.17, 15) is 9.59 Å². The van der Waals surface area contributed by atoms with Crippen molar-refractivity contribution in [2.24, 2.45) is 5.92 Å². The molecule has 22 heavy (non-hydrogen) atoms. The topological polar surface area (TPSA) is 58.6 Å². The highest BCUT2D eigenvalue weighted by Crippen LogP contribution is 2.33. The zero-order valence-corrected chi connectivity index (χ0v) is 12.9. The highest BCUT2D eigenvalue weighted by molar-refractivity contribution is 5.97. The van der Waals surface area contributed by atoms with Gasteiger partial charge in [0.25, 0.3) is 0 Å². The van der Waals surface area contributed by atoms with E-state index in [1.165, 1.54) is 6.42 Å². The Morgan fingerprint density at radius 1 is 1.27 bits per heavy atom. The number of carbonyl (C=O) groups excluding carboxylic acids is 2. The summed E-state index contributed by atoms with van der Waals surface area (Å²) in [6.07, 6.45) is 5.80. The Morgan fingerprint density at radius 2 is 2.05 bits per heavy atom. The van der Waals surface area contributed by atoms with Crippen LogP contribution >= 0.6 is 0 Å². The number of rotatable bonds is 2. The minimum absolute atomic E-state index is 0.0227. The summed E-state index contributed by atoms with van der Waals surface area (Å²) in [7, 11) is 1.74. The molecule has 0 spiro atoms. The smallest absolute Gasteiger partial charge is 0.230 e. The van der Waals surface area contributed by atoms with Crippen LogP contribution in [-0.4, -0.2) is 25.5 Å². The summed E-state index contributed by atoms with van der Waals surface area (Å²) in [5.74, 6) is 0.907. The van der Waals surface area contributed by atoms with Gasteiger partial charge in [-0.3, -0.25) is 9.59 Å². The molecule has 1 saturated carbocycles. The van der Waals surface area contributed by atoms with Crippen molar-refractivity contribution in [1.29, 1.82) is 0 Å². The van der Waals surface area contributed by atoms with Crippen molar-refractivity contribution >= 4 is 23.2 Å². The van der Waals surface area contributed by atoms with Gasteiger partial charge in [0.1, 0.15) is 5.75 Å². The van der Waals surface area contributed by atoms with Crippen LogP contribution in [0.4, 0.5) is 11.4 Å². The van der Waals surface area contributed by atoms with Gasteiger partial charge in [0.05, 0.1) is 18.7 Å². The van der Waals surface area contributed by atoms with Gasteiger partial charge >= 0.3 is 0 Å². The molecular weight excluding hydrogens is 280 g/mol. The van der Waals surface area contributed by atoms with Crippen LogP contribution in [0.3, 0.4) is 0 Å². The van der Waals surface area contributed by atoms with Crippen molar-refractivity contribution in [3.05, 3.63) is 18.2 Å². The quantitative estimate of drug-likeness (QED) is 0.913. The van der Waals surface area contributed by atoms with Gasteiger partial charge in [-0.2, -0.15) is 0 Å². The lowest BCUT2D eigenvalue weighted by Crippen LogP contribution is -2.26. The molecule has 1 N–H and O–H groups in total. The van der Waals surface area contributed by atoms with Gasteiger partial charge in [-0.05, 0) is 31.0 Å². The van der Waals surface area contributed by atoms with E-state index in [2.05, 4.69) is 5.32 Å². The van der Waals surface area contributed by atoms with Crippen LogP contribution in [0.15, 0.2) is 18.2 Å². The molecule has 0 saturated heterocycles. The van der Waals surface area contributed by atoms with Crippen molar-refractivity contribution in [3.63, 3.8) is 0 Å². The van der Waals surface area contributed by atoms with Crippen molar-refractivity contribution in [1.82, 2.24) is 0 Å². The Bertz CT molecular complexity index is 579. The van der Waals surface area contributed by atoms with Crippen molar-refractivity contribution < 1.29 is 14.3 Å². The second kappa shape index (κ2) is 6.38. The molecule has 1 heterocycles. The Morgan fingerprint density at radius 3 is 2.82 bits per heavy atom. The van der Waals surface area contributed by atoms with Gasteiger partial charge in [0.15, 0.2) is 0 Å². The standard InChI is InChI=1S/C17H22N2O3/c1-19-14-11-13(7-8-15(14)22-10-9-16(19)20)18-17(21)12-5-3-2-4-6-12/h7-8,11-12H,2-6,9-10H2,1H3,(H,18,21). The van der Waals surface area contributed by atoms with Gasteiger partial charge in [0.2, 0.25) is 11.8 Å². The largest absolute Gasteiger partial charge is 0.491 e. The molecule has 5 heteroatoms. The SMILES string of the molecule is CN1C(=O)CCOc2ccc(NC(=O)C3CCCCC3)cc21. The van der Waals surface area contributed by atoms with E-state index in [1.807, 2.05) is 18.2 Å². The average Bonchev–Trinajstić information content (AvgIpc) is 2.68. The third-order valence-corrected chi connectivity index (χ3v) is 4.51. The predicted molar refractivity (Wildman–Crippen MR) is 85.2 cm³/mol. The number of anilines is 2. The molecule has 1 fully saturated rings. The summed E-state index contributed by atoms with van der Waals surface area (Å²) in [6.45, 7) is 0.393. The molecule has 1 aromatic rings. The number of benzene rings is 1. The first-order valence-electron chi connectivity index (χ1n) is 7.99. The van der Waals surface area contributed by atoms with Crippen LogP contribution in [0, 0.1) is 5.92 Å². The number of nitrogens with zero attached hydrogens (tertiary/aromatic N) is 1. The van der Waals surface area contributed by atoms with E-state index in [0.717, 1.165) is 31.4 Å². The third-order valence-electron chi connectivity index (χ3n) is 4.51. The summed E-state index contributed by atoms with van der Waals surface area (Å²) in [6, 6.07) is 5.48. The zero-order valence-electron chi connectivity index (χ0n) is 12.9. The number of hydrogen-bond acceptors (Lipinski definition) is 3. The summed E-state index contributed by atoms with van der Waals surface area (Å²) in [5.41, 5.74) is 1.43. The Kier molecular flexibility index (Phi) is 4.32. The van der Waals surface area contributed by atoms with Crippen LogP contribution < -0.4 is 15.0 Å². The second-order valence-electron chi connectivity index (χ2n) is 6.06. The molecule has 0 bridgehead atoms. The van der Waals surface area contributed by atoms with Gasteiger partial charge < -0.3 is 15.0 Å². The maximum atomic E-state index is 12.3. The Hall–Kier alpha value is -2.04. The minimum atomic E-state index is 0.0227. The van der Waals surface area contributed by atoms with Gasteiger partial charge in [-0.15, -0.1) is 0 Å². The van der Waals surface area contributed by atoms with E-state index >= 15 is 0 Å². The summed E-state index contributed by atoms with van der Waals surface area (Å²) >= 11 is 0. The Balaban J connectivity index is 1.76. The van der Waals surface area contributed by atoms with E-state index in [0.29, 0.717) is 24.5 Å². The highest BCUT2D eigenvalue weighted by Gasteiger charge is 2.23. The fourth-order valence-corrected chi connectivity index (χ4v) is 3.14. The van der Waals surface area contributed by atoms with Gasteiger partial charge in [0, 0.05) is 18.7 Å². The lowest BCUT2D eigenvalue weighted by molar-refractivity contribution is -0.121. The van der Waals surface area contributed by atoms with Crippen LogP contribution in [0.1, 0.15) is 38.5 Å². The molecule has 1 aromatic carbocycles. The zero-order chi connectivity index (χ0) is 15.5.